The Morgan fingerprint density at radius 3 is 2.93 bits per heavy atom. The number of nitrogens with zero attached hydrogens (tertiary/aromatic N) is 3. The normalized spacial score (nSPS) is 11.9. The van der Waals surface area contributed by atoms with E-state index in [4.69, 9.17) is 5.21 Å². The Balaban J connectivity index is 2.33. The predicted octanol–water partition coefficient (Wildman–Crippen LogP) is 2.29. The average Bonchev–Trinajstić information content (AvgIpc) is 2.69. The molecule has 0 aliphatic rings. The van der Waals surface area contributed by atoms with Gasteiger partial charge in [0, 0.05) is 12.4 Å². The van der Waals surface area contributed by atoms with Gasteiger partial charge in [-0.1, -0.05) is 24.9 Å². The summed E-state index contributed by atoms with van der Waals surface area (Å²) in [7, 11) is 0. The van der Waals surface area contributed by atoms with Crippen molar-refractivity contribution in [1.82, 2.24) is 9.55 Å². The third-order valence-electron chi connectivity index (χ3n) is 2.13. The van der Waals surface area contributed by atoms with Gasteiger partial charge in [-0.2, -0.15) is 0 Å². The van der Waals surface area contributed by atoms with E-state index in [0.29, 0.717) is 6.54 Å². The first-order valence-electron chi connectivity index (χ1n) is 5.02. The average molecular weight is 195 g/mol. The second kappa shape index (κ2) is 6.18. The van der Waals surface area contributed by atoms with Crippen molar-refractivity contribution < 1.29 is 5.21 Å². The number of aromatic nitrogens is 2. The second-order valence-electron chi connectivity index (χ2n) is 3.36. The van der Waals surface area contributed by atoms with Gasteiger partial charge in [-0.3, -0.25) is 0 Å². The Morgan fingerprint density at radius 2 is 2.36 bits per heavy atom. The highest BCUT2D eigenvalue weighted by molar-refractivity contribution is 5.83. The number of unbranched alkanes of at least 4 members (excludes halogenated alkanes) is 2. The van der Waals surface area contributed by atoms with Crippen LogP contribution in [0.3, 0.4) is 0 Å². The molecule has 0 fully saturated rings. The molecule has 4 heteroatoms. The van der Waals surface area contributed by atoms with E-state index in [1.54, 1.807) is 12.5 Å². The van der Waals surface area contributed by atoms with Crippen LogP contribution < -0.4 is 0 Å². The summed E-state index contributed by atoms with van der Waals surface area (Å²) < 4.78 is 1.90. The molecule has 1 N–H and O–H groups in total. The zero-order valence-electron chi connectivity index (χ0n) is 8.56. The van der Waals surface area contributed by atoms with E-state index in [0.717, 1.165) is 18.6 Å². The maximum Gasteiger partial charge on any atom is 0.0949 e. The van der Waals surface area contributed by atoms with Gasteiger partial charge < -0.3 is 9.77 Å². The van der Waals surface area contributed by atoms with Gasteiger partial charge in [-0.05, 0) is 12.8 Å². The molecule has 0 atom stereocenters. The molecule has 4 nitrogen and oxygen atoms in total. The van der Waals surface area contributed by atoms with Crippen LogP contribution in [0.1, 0.15) is 32.6 Å². The van der Waals surface area contributed by atoms with E-state index in [9.17, 15) is 0 Å². The molecule has 0 radical (unpaired) electrons. The van der Waals surface area contributed by atoms with Crippen molar-refractivity contribution in [2.45, 2.75) is 39.2 Å². The fourth-order valence-electron chi connectivity index (χ4n) is 1.33. The minimum Gasteiger partial charge on any atom is -0.411 e. The lowest BCUT2D eigenvalue weighted by Crippen LogP contribution is -2.08. The van der Waals surface area contributed by atoms with Crippen LogP contribution in [0.15, 0.2) is 23.9 Å². The minimum absolute atomic E-state index is 0.639. The molecule has 0 unspecified atom stereocenters. The van der Waals surface area contributed by atoms with Crippen molar-refractivity contribution in [1.29, 1.82) is 0 Å². The van der Waals surface area contributed by atoms with Crippen LogP contribution in [0.4, 0.5) is 0 Å². The van der Waals surface area contributed by atoms with Gasteiger partial charge in [0.1, 0.15) is 0 Å². The maximum atomic E-state index is 8.78. The largest absolute Gasteiger partial charge is 0.411 e. The van der Waals surface area contributed by atoms with Crippen LogP contribution in [0, 0.1) is 0 Å². The number of hydrogen-bond donors (Lipinski definition) is 1. The molecule has 14 heavy (non-hydrogen) atoms. The molecule has 0 aromatic carbocycles. The Labute approximate surface area is 84.3 Å². The SMILES string of the molecule is CCCCC/C(Cn1ccnc1)=N/O. The van der Waals surface area contributed by atoms with Crippen molar-refractivity contribution in [2.24, 2.45) is 5.16 Å². The van der Waals surface area contributed by atoms with Crippen LogP contribution >= 0.6 is 0 Å². The Bertz CT molecular complexity index is 267. The third kappa shape index (κ3) is 3.60. The standard InChI is InChI=1S/C10H17N3O/c1-2-3-4-5-10(12-14)8-13-7-6-11-9-13/h6-7,9,14H,2-5,8H2,1H3/b12-10-. The quantitative estimate of drug-likeness (QED) is 0.328. The lowest BCUT2D eigenvalue weighted by Gasteiger charge is -2.04. The zero-order valence-corrected chi connectivity index (χ0v) is 8.56. The maximum absolute atomic E-state index is 8.78. The van der Waals surface area contributed by atoms with Crippen LogP contribution in [-0.4, -0.2) is 20.5 Å². The molecular weight excluding hydrogens is 178 g/mol. The Morgan fingerprint density at radius 1 is 1.50 bits per heavy atom. The number of rotatable bonds is 6. The van der Waals surface area contributed by atoms with E-state index >= 15 is 0 Å². The van der Waals surface area contributed by atoms with E-state index in [1.165, 1.54) is 12.8 Å². The predicted molar refractivity (Wildman–Crippen MR) is 55.6 cm³/mol. The lowest BCUT2D eigenvalue weighted by atomic mass is 10.1. The fraction of sp³-hybridized carbons (Fsp3) is 0.600. The summed E-state index contributed by atoms with van der Waals surface area (Å²) in [6.07, 6.45) is 9.64. The third-order valence-corrected chi connectivity index (χ3v) is 2.13. The first kappa shape index (κ1) is 10.8. The summed E-state index contributed by atoms with van der Waals surface area (Å²) in [5.74, 6) is 0. The van der Waals surface area contributed by atoms with Crippen molar-refractivity contribution in [3.05, 3.63) is 18.7 Å². The summed E-state index contributed by atoms with van der Waals surface area (Å²) in [6.45, 7) is 2.80. The molecule has 0 aliphatic carbocycles. The summed E-state index contributed by atoms with van der Waals surface area (Å²) >= 11 is 0. The first-order valence-corrected chi connectivity index (χ1v) is 5.02. The van der Waals surface area contributed by atoms with E-state index < -0.39 is 0 Å². The minimum atomic E-state index is 0.639. The fourth-order valence-corrected chi connectivity index (χ4v) is 1.33. The molecule has 0 aliphatic heterocycles. The van der Waals surface area contributed by atoms with Crippen LogP contribution in [0.2, 0.25) is 0 Å². The number of imidazole rings is 1. The van der Waals surface area contributed by atoms with Crippen LogP contribution in [-0.2, 0) is 6.54 Å². The molecule has 1 heterocycles. The summed E-state index contributed by atoms with van der Waals surface area (Å²) in [5.41, 5.74) is 0.816. The Kier molecular flexibility index (Phi) is 4.75. The van der Waals surface area contributed by atoms with Crippen molar-refractivity contribution in [3.8, 4) is 0 Å². The van der Waals surface area contributed by atoms with E-state index in [1.807, 2.05) is 10.8 Å². The molecule has 0 saturated heterocycles. The molecule has 0 bridgehead atoms. The molecule has 0 saturated carbocycles. The molecule has 1 aromatic rings. The van der Waals surface area contributed by atoms with E-state index in [2.05, 4.69) is 17.1 Å². The van der Waals surface area contributed by atoms with Gasteiger partial charge in [0.2, 0.25) is 0 Å². The van der Waals surface area contributed by atoms with Crippen molar-refractivity contribution in [2.75, 3.05) is 0 Å². The number of oxime groups is 1. The summed E-state index contributed by atoms with van der Waals surface area (Å²) in [6, 6.07) is 0. The van der Waals surface area contributed by atoms with Gasteiger partial charge in [-0.25, -0.2) is 4.98 Å². The lowest BCUT2D eigenvalue weighted by molar-refractivity contribution is 0.315. The monoisotopic (exact) mass is 195 g/mol. The van der Waals surface area contributed by atoms with Crippen molar-refractivity contribution in [3.63, 3.8) is 0 Å². The highest BCUT2D eigenvalue weighted by atomic mass is 16.4. The highest BCUT2D eigenvalue weighted by Gasteiger charge is 2.00. The molecular formula is C10H17N3O. The van der Waals surface area contributed by atoms with Crippen LogP contribution in [0.5, 0.6) is 0 Å². The van der Waals surface area contributed by atoms with Gasteiger partial charge in [0.25, 0.3) is 0 Å². The molecule has 1 rings (SSSR count). The smallest absolute Gasteiger partial charge is 0.0949 e. The van der Waals surface area contributed by atoms with Crippen LogP contribution in [0.25, 0.3) is 0 Å². The van der Waals surface area contributed by atoms with Gasteiger partial charge >= 0.3 is 0 Å². The molecule has 0 spiro atoms. The second-order valence-corrected chi connectivity index (χ2v) is 3.36. The molecule has 1 aromatic heterocycles. The highest BCUT2D eigenvalue weighted by Crippen LogP contribution is 2.02. The molecule has 0 amide bonds. The summed E-state index contributed by atoms with van der Waals surface area (Å²) in [4.78, 5) is 3.93. The zero-order chi connectivity index (χ0) is 10.2. The Hall–Kier alpha value is -1.32. The number of hydrogen-bond acceptors (Lipinski definition) is 3. The van der Waals surface area contributed by atoms with Gasteiger partial charge in [0.05, 0.1) is 18.6 Å². The topological polar surface area (TPSA) is 50.4 Å². The van der Waals surface area contributed by atoms with Crippen molar-refractivity contribution >= 4 is 5.71 Å². The van der Waals surface area contributed by atoms with E-state index in [-0.39, 0.29) is 0 Å². The van der Waals surface area contributed by atoms with Gasteiger partial charge in [-0.15, -0.1) is 0 Å². The molecule has 78 valence electrons. The van der Waals surface area contributed by atoms with Gasteiger partial charge in [0.15, 0.2) is 0 Å². The summed E-state index contributed by atoms with van der Waals surface area (Å²) in [5, 5.41) is 12.1. The first-order chi connectivity index (χ1) is 6.86.